The van der Waals surface area contributed by atoms with Crippen molar-refractivity contribution in [3.63, 3.8) is 0 Å². The molecule has 0 bridgehead atoms. The van der Waals surface area contributed by atoms with E-state index < -0.39 is 0 Å². The van der Waals surface area contributed by atoms with Gasteiger partial charge in [-0.05, 0) is 23.3 Å². The van der Waals surface area contributed by atoms with Gasteiger partial charge in [-0.3, -0.25) is 0 Å². The highest BCUT2D eigenvalue weighted by molar-refractivity contribution is 5.47. The lowest BCUT2D eigenvalue weighted by molar-refractivity contribution is 0.282. The maximum Gasteiger partial charge on any atom is 0.167 e. The Labute approximate surface area is 111 Å². The third-order valence-corrected chi connectivity index (χ3v) is 2.85. The smallest absolute Gasteiger partial charge is 0.167 e. The third kappa shape index (κ3) is 3.45. The molecule has 0 fully saturated rings. The van der Waals surface area contributed by atoms with Crippen LogP contribution in [0.15, 0.2) is 42.5 Å². The molecule has 19 heavy (non-hydrogen) atoms. The highest BCUT2D eigenvalue weighted by atomic mass is 19.1. The minimum Gasteiger partial charge on any atom is -0.494 e. The molecule has 2 aromatic carbocycles. The van der Waals surface area contributed by atoms with Crippen LogP contribution in [0.1, 0.15) is 11.1 Å². The Balaban J connectivity index is 1.99. The summed E-state index contributed by atoms with van der Waals surface area (Å²) < 4.78 is 18.3. The molecule has 0 atom stereocenters. The van der Waals surface area contributed by atoms with Crippen LogP contribution in [0.4, 0.5) is 10.1 Å². The van der Waals surface area contributed by atoms with Crippen molar-refractivity contribution in [3.8, 4) is 5.75 Å². The van der Waals surface area contributed by atoms with Crippen LogP contribution >= 0.6 is 0 Å². The van der Waals surface area contributed by atoms with Crippen LogP contribution in [-0.2, 0) is 13.2 Å². The molecule has 0 unspecified atom stereocenters. The normalized spacial score (nSPS) is 10.3. The maximum absolute atomic E-state index is 13.5. The predicted octanol–water partition coefficient (Wildman–Crippen LogP) is 2.94. The Morgan fingerprint density at radius 1 is 1.11 bits per heavy atom. The summed E-state index contributed by atoms with van der Waals surface area (Å²) in [7, 11) is 1.44. The van der Waals surface area contributed by atoms with Crippen LogP contribution in [0, 0.1) is 5.82 Å². The van der Waals surface area contributed by atoms with E-state index in [2.05, 4.69) is 5.32 Å². The molecule has 0 heterocycles. The number of aliphatic hydroxyl groups excluding tert-OH is 1. The van der Waals surface area contributed by atoms with Gasteiger partial charge in [-0.15, -0.1) is 0 Å². The summed E-state index contributed by atoms with van der Waals surface area (Å²) in [5.74, 6) is -0.152. The Bertz CT molecular complexity index is 540. The lowest BCUT2D eigenvalue weighted by Crippen LogP contribution is -2.00. The Morgan fingerprint density at radius 3 is 2.37 bits per heavy atom. The molecule has 2 aromatic rings. The summed E-state index contributed by atoms with van der Waals surface area (Å²) in [4.78, 5) is 0. The third-order valence-electron chi connectivity index (χ3n) is 2.85. The van der Waals surface area contributed by atoms with E-state index >= 15 is 0 Å². The second kappa shape index (κ2) is 6.20. The quantitative estimate of drug-likeness (QED) is 0.869. The van der Waals surface area contributed by atoms with Crippen molar-refractivity contribution in [2.24, 2.45) is 0 Å². The first kappa shape index (κ1) is 13.4. The molecule has 0 radical (unpaired) electrons. The lowest BCUT2D eigenvalue weighted by atomic mass is 10.1. The van der Waals surface area contributed by atoms with E-state index in [0.717, 1.165) is 11.1 Å². The van der Waals surface area contributed by atoms with Gasteiger partial charge in [0.15, 0.2) is 11.6 Å². The van der Waals surface area contributed by atoms with Gasteiger partial charge < -0.3 is 15.2 Å². The average Bonchev–Trinajstić information content (AvgIpc) is 2.46. The first-order valence-electron chi connectivity index (χ1n) is 5.99. The molecule has 2 N–H and O–H groups in total. The summed E-state index contributed by atoms with van der Waals surface area (Å²) in [6, 6.07) is 12.4. The zero-order valence-corrected chi connectivity index (χ0v) is 10.7. The number of aliphatic hydroxyl groups is 1. The van der Waals surface area contributed by atoms with Gasteiger partial charge in [-0.1, -0.05) is 24.3 Å². The first-order valence-corrected chi connectivity index (χ1v) is 5.99. The highest BCUT2D eigenvalue weighted by Gasteiger charge is 2.03. The monoisotopic (exact) mass is 261 g/mol. The number of benzene rings is 2. The Morgan fingerprint density at radius 2 is 1.79 bits per heavy atom. The fourth-order valence-corrected chi connectivity index (χ4v) is 1.74. The van der Waals surface area contributed by atoms with Crippen LogP contribution in [0.2, 0.25) is 0 Å². The van der Waals surface area contributed by atoms with Crippen LogP contribution in [0.25, 0.3) is 0 Å². The zero-order valence-electron chi connectivity index (χ0n) is 10.7. The molecule has 3 nitrogen and oxygen atoms in total. The molecular weight excluding hydrogens is 245 g/mol. The first-order chi connectivity index (χ1) is 9.22. The van der Waals surface area contributed by atoms with Gasteiger partial charge in [0.1, 0.15) is 0 Å². The van der Waals surface area contributed by atoms with Crippen molar-refractivity contribution in [3.05, 3.63) is 59.4 Å². The molecule has 0 aromatic heterocycles. The van der Waals surface area contributed by atoms with Crippen LogP contribution in [-0.4, -0.2) is 12.2 Å². The van der Waals surface area contributed by atoms with Gasteiger partial charge in [-0.2, -0.15) is 0 Å². The van der Waals surface area contributed by atoms with E-state index in [1.165, 1.54) is 13.2 Å². The average molecular weight is 261 g/mol. The van der Waals surface area contributed by atoms with Crippen molar-refractivity contribution < 1.29 is 14.2 Å². The molecule has 0 spiro atoms. The molecule has 0 aliphatic carbocycles. The summed E-state index contributed by atoms with van der Waals surface area (Å²) in [6.07, 6.45) is 0. The number of ether oxygens (including phenoxy) is 1. The maximum atomic E-state index is 13.5. The molecular formula is C15H16FNO2. The van der Waals surface area contributed by atoms with Gasteiger partial charge in [-0.25, -0.2) is 4.39 Å². The van der Waals surface area contributed by atoms with E-state index in [1.807, 2.05) is 24.3 Å². The fourth-order valence-electron chi connectivity index (χ4n) is 1.74. The SMILES string of the molecule is COc1ccc(NCc2ccc(CO)cc2)cc1F. The number of nitrogens with one attached hydrogen (secondary N) is 1. The minimum atomic E-state index is -0.386. The molecule has 0 amide bonds. The molecule has 100 valence electrons. The second-order valence-electron chi connectivity index (χ2n) is 4.18. The van der Waals surface area contributed by atoms with Gasteiger partial charge in [0.25, 0.3) is 0 Å². The van der Waals surface area contributed by atoms with E-state index in [-0.39, 0.29) is 18.2 Å². The fraction of sp³-hybridized carbons (Fsp3) is 0.200. The van der Waals surface area contributed by atoms with Gasteiger partial charge in [0.05, 0.1) is 13.7 Å². The molecule has 4 heteroatoms. The van der Waals surface area contributed by atoms with Gasteiger partial charge >= 0.3 is 0 Å². The molecule has 0 saturated heterocycles. The van der Waals surface area contributed by atoms with E-state index in [1.54, 1.807) is 12.1 Å². The number of anilines is 1. The number of rotatable bonds is 5. The summed E-state index contributed by atoms with van der Waals surface area (Å²) in [6.45, 7) is 0.634. The molecule has 0 saturated carbocycles. The molecule has 0 aliphatic rings. The van der Waals surface area contributed by atoms with Crippen LogP contribution in [0.3, 0.4) is 0 Å². The Kier molecular flexibility index (Phi) is 4.36. The van der Waals surface area contributed by atoms with E-state index in [0.29, 0.717) is 12.2 Å². The summed E-state index contributed by atoms with van der Waals surface area (Å²) >= 11 is 0. The van der Waals surface area contributed by atoms with E-state index in [9.17, 15) is 4.39 Å². The lowest BCUT2D eigenvalue weighted by Gasteiger charge is -2.09. The molecule has 2 rings (SSSR count). The largest absolute Gasteiger partial charge is 0.494 e. The van der Waals surface area contributed by atoms with Crippen molar-refractivity contribution in [2.75, 3.05) is 12.4 Å². The number of hydrogen-bond acceptors (Lipinski definition) is 3. The van der Waals surface area contributed by atoms with Crippen LogP contribution < -0.4 is 10.1 Å². The number of hydrogen-bond donors (Lipinski definition) is 2. The minimum absolute atomic E-state index is 0.0391. The van der Waals surface area contributed by atoms with Gasteiger partial charge in [0, 0.05) is 18.3 Å². The highest BCUT2D eigenvalue weighted by Crippen LogP contribution is 2.21. The second-order valence-corrected chi connectivity index (χ2v) is 4.18. The Hall–Kier alpha value is -2.07. The standard InChI is InChI=1S/C15H16FNO2/c1-19-15-7-6-13(8-14(15)16)17-9-11-2-4-12(10-18)5-3-11/h2-8,17-18H,9-10H2,1H3. The zero-order chi connectivity index (χ0) is 13.7. The number of methoxy groups -OCH3 is 1. The predicted molar refractivity (Wildman–Crippen MR) is 72.6 cm³/mol. The topological polar surface area (TPSA) is 41.5 Å². The van der Waals surface area contributed by atoms with Crippen molar-refractivity contribution >= 4 is 5.69 Å². The molecule has 0 aliphatic heterocycles. The van der Waals surface area contributed by atoms with Crippen molar-refractivity contribution in [1.29, 1.82) is 0 Å². The summed E-state index contributed by atoms with van der Waals surface area (Å²) in [5.41, 5.74) is 2.64. The van der Waals surface area contributed by atoms with Crippen molar-refractivity contribution in [2.45, 2.75) is 13.2 Å². The number of halogens is 1. The van der Waals surface area contributed by atoms with Gasteiger partial charge in [0.2, 0.25) is 0 Å². The van der Waals surface area contributed by atoms with Crippen LogP contribution in [0.5, 0.6) is 5.75 Å². The van der Waals surface area contributed by atoms with E-state index in [4.69, 9.17) is 9.84 Å². The van der Waals surface area contributed by atoms with Crippen molar-refractivity contribution in [1.82, 2.24) is 0 Å². The summed E-state index contributed by atoms with van der Waals surface area (Å²) in [5, 5.41) is 12.1.